The Morgan fingerprint density at radius 3 is 2.53 bits per heavy atom. The number of halogens is 3. The van der Waals surface area contributed by atoms with E-state index in [1.807, 2.05) is 18.2 Å². The van der Waals surface area contributed by atoms with Crippen LogP contribution in [-0.4, -0.2) is 0 Å². The fraction of sp³-hybridized carbons (Fsp3) is 0.143. The van der Waals surface area contributed by atoms with Crippen molar-refractivity contribution in [3.8, 4) is 0 Å². The number of nitrogens with two attached hydrogens (primary N) is 1. The molecule has 1 unspecified atom stereocenters. The Balaban J connectivity index is 2.30. The molecule has 1 atom stereocenters. The third-order valence-corrected chi connectivity index (χ3v) is 3.70. The average molecular weight is 299 g/mol. The molecule has 3 N–H and O–H groups in total. The molecule has 0 fully saturated rings. The molecule has 2 rings (SSSR count). The number of rotatable bonds is 4. The number of nitrogens with one attached hydrogen (secondary N) is 1. The topological polar surface area (TPSA) is 38.0 Å². The molecule has 2 aromatic rings. The summed E-state index contributed by atoms with van der Waals surface area (Å²) < 4.78 is 13.4. The lowest BCUT2D eigenvalue weighted by molar-refractivity contribution is 0.549. The molecule has 0 aliphatic rings. The second-order valence-electron chi connectivity index (χ2n) is 4.16. The summed E-state index contributed by atoms with van der Waals surface area (Å²) in [7, 11) is 0. The summed E-state index contributed by atoms with van der Waals surface area (Å²) in [5, 5.41) is 0.729. The first kappa shape index (κ1) is 14.3. The number of hydrazine groups is 1. The molecule has 2 nitrogen and oxygen atoms in total. The molecule has 0 aromatic heterocycles. The van der Waals surface area contributed by atoms with Crippen LogP contribution in [0.1, 0.15) is 17.2 Å². The van der Waals surface area contributed by atoms with Gasteiger partial charge in [-0.1, -0.05) is 53.5 Å². The van der Waals surface area contributed by atoms with Crippen LogP contribution in [0.25, 0.3) is 0 Å². The van der Waals surface area contributed by atoms with Crippen LogP contribution >= 0.6 is 23.2 Å². The van der Waals surface area contributed by atoms with Gasteiger partial charge < -0.3 is 0 Å². The fourth-order valence-corrected chi connectivity index (χ4v) is 2.41. The molecule has 0 amide bonds. The maximum Gasteiger partial charge on any atom is 0.142 e. The molecule has 0 spiro atoms. The van der Waals surface area contributed by atoms with Gasteiger partial charge in [-0.15, -0.1) is 0 Å². The van der Waals surface area contributed by atoms with Crippen LogP contribution in [0.4, 0.5) is 4.39 Å². The van der Waals surface area contributed by atoms with Crippen molar-refractivity contribution >= 4 is 23.2 Å². The molecule has 5 heteroatoms. The highest BCUT2D eigenvalue weighted by Gasteiger charge is 2.16. The molecule has 0 aliphatic heterocycles. The van der Waals surface area contributed by atoms with Gasteiger partial charge in [-0.3, -0.25) is 11.3 Å². The van der Waals surface area contributed by atoms with Crippen molar-refractivity contribution in [3.05, 3.63) is 69.5 Å². The van der Waals surface area contributed by atoms with Crippen molar-refractivity contribution in [3.63, 3.8) is 0 Å². The van der Waals surface area contributed by atoms with E-state index in [1.165, 1.54) is 6.07 Å². The maximum absolute atomic E-state index is 13.4. The molecular weight excluding hydrogens is 286 g/mol. The van der Waals surface area contributed by atoms with Crippen LogP contribution in [0.2, 0.25) is 10.0 Å². The smallest absolute Gasteiger partial charge is 0.142 e. The third kappa shape index (κ3) is 3.25. The van der Waals surface area contributed by atoms with E-state index >= 15 is 0 Å². The van der Waals surface area contributed by atoms with Crippen LogP contribution in [0.3, 0.4) is 0 Å². The van der Waals surface area contributed by atoms with Gasteiger partial charge in [0, 0.05) is 5.02 Å². The summed E-state index contributed by atoms with van der Waals surface area (Å²) in [4.78, 5) is 0. The van der Waals surface area contributed by atoms with Gasteiger partial charge in [0.05, 0.1) is 11.1 Å². The molecule has 0 heterocycles. The summed E-state index contributed by atoms with van der Waals surface area (Å²) in [6, 6.07) is 11.9. The Morgan fingerprint density at radius 1 is 1.11 bits per heavy atom. The number of benzene rings is 2. The van der Waals surface area contributed by atoms with Gasteiger partial charge in [-0.2, -0.15) is 0 Å². The lowest BCUT2D eigenvalue weighted by Gasteiger charge is -2.18. The van der Waals surface area contributed by atoms with Crippen molar-refractivity contribution in [2.45, 2.75) is 12.5 Å². The number of hydrogen-bond acceptors (Lipinski definition) is 2. The highest BCUT2D eigenvalue weighted by Crippen LogP contribution is 2.28. The monoisotopic (exact) mass is 298 g/mol. The highest BCUT2D eigenvalue weighted by molar-refractivity contribution is 6.31. The van der Waals surface area contributed by atoms with E-state index in [0.717, 1.165) is 5.56 Å². The van der Waals surface area contributed by atoms with E-state index in [-0.39, 0.29) is 11.1 Å². The van der Waals surface area contributed by atoms with E-state index in [2.05, 4.69) is 5.43 Å². The predicted octanol–water partition coefficient (Wildman–Crippen LogP) is 3.88. The van der Waals surface area contributed by atoms with E-state index in [1.54, 1.807) is 18.2 Å². The summed E-state index contributed by atoms with van der Waals surface area (Å²) >= 11 is 12.1. The molecule has 0 radical (unpaired) electrons. The minimum atomic E-state index is -0.436. The predicted molar refractivity (Wildman–Crippen MR) is 76.6 cm³/mol. The van der Waals surface area contributed by atoms with Gasteiger partial charge in [-0.25, -0.2) is 4.39 Å². The van der Waals surface area contributed by atoms with E-state index in [9.17, 15) is 4.39 Å². The molecule has 0 aliphatic carbocycles. The Morgan fingerprint density at radius 2 is 1.84 bits per heavy atom. The van der Waals surface area contributed by atoms with Crippen LogP contribution in [0.5, 0.6) is 0 Å². The lowest BCUT2D eigenvalue weighted by Crippen LogP contribution is -2.29. The minimum Gasteiger partial charge on any atom is -0.271 e. The molecular formula is C14H13Cl2FN2. The minimum absolute atomic E-state index is 0.120. The Labute approximate surface area is 121 Å². The second-order valence-corrected chi connectivity index (χ2v) is 4.94. The Bertz CT molecular complexity index is 575. The number of hydrogen-bond donors (Lipinski definition) is 2. The zero-order chi connectivity index (χ0) is 13.8. The lowest BCUT2D eigenvalue weighted by atomic mass is 9.99. The first-order valence-electron chi connectivity index (χ1n) is 5.77. The quantitative estimate of drug-likeness (QED) is 0.664. The Kier molecular flexibility index (Phi) is 4.77. The summed E-state index contributed by atoms with van der Waals surface area (Å²) in [5.74, 6) is 5.13. The maximum atomic E-state index is 13.4. The third-order valence-electron chi connectivity index (χ3n) is 2.94. The van der Waals surface area contributed by atoms with Crippen molar-refractivity contribution in [1.82, 2.24) is 5.43 Å². The zero-order valence-electron chi connectivity index (χ0n) is 10.0. The molecule has 0 bridgehead atoms. The van der Waals surface area contributed by atoms with Gasteiger partial charge in [0.2, 0.25) is 0 Å². The summed E-state index contributed by atoms with van der Waals surface area (Å²) in [5.41, 5.74) is 4.23. The van der Waals surface area contributed by atoms with Crippen LogP contribution in [0, 0.1) is 5.82 Å². The first-order valence-corrected chi connectivity index (χ1v) is 6.52. The molecule has 100 valence electrons. The SMILES string of the molecule is NNC(Cc1cccc(F)c1Cl)c1ccccc1Cl. The van der Waals surface area contributed by atoms with Crippen LogP contribution < -0.4 is 11.3 Å². The van der Waals surface area contributed by atoms with Crippen molar-refractivity contribution < 1.29 is 4.39 Å². The van der Waals surface area contributed by atoms with Gasteiger partial charge in [-0.05, 0) is 29.7 Å². The first-order chi connectivity index (χ1) is 9.13. The van der Waals surface area contributed by atoms with Crippen molar-refractivity contribution in [1.29, 1.82) is 0 Å². The summed E-state index contributed by atoms with van der Waals surface area (Å²) in [6.45, 7) is 0. The second kappa shape index (κ2) is 6.35. The van der Waals surface area contributed by atoms with E-state index in [4.69, 9.17) is 29.0 Å². The van der Waals surface area contributed by atoms with Crippen molar-refractivity contribution in [2.24, 2.45) is 5.84 Å². The molecule has 19 heavy (non-hydrogen) atoms. The van der Waals surface area contributed by atoms with E-state index < -0.39 is 5.82 Å². The normalized spacial score (nSPS) is 12.4. The average Bonchev–Trinajstić information content (AvgIpc) is 2.41. The molecule has 2 aromatic carbocycles. The van der Waals surface area contributed by atoms with Gasteiger partial charge in [0.25, 0.3) is 0 Å². The Hall–Kier alpha value is -1.13. The molecule has 0 saturated heterocycles. The standard InChI is InChI=1S/C14H13Cl2FN2/c15-11-6-2-1-5-10(11)13(19-18)8-9-4-3-7-12(17)14(9)16/h1-7,13,19H,8,18H2. The van der Waals surface area contributed by atoms with Gasteiger partial charge >= 0.3 is 0 Å². The largest absolute Gasteiger partial charge is 0.271 e. The van der Waals surface area contributed by atoms with Crippen LogP contribution in [-0.2, 0) is 6.42 Å². The highest BCUT2D eigenvalue weighted by atomic mass is 35.5. The fourth-order valence-electron chi connectivity index (χ4n) is 1.94. The van der Waals surface area contributed by atoms with Gasteiger partial charge in [0.15, 0.2) is 0 Å². The zero-order valence-corrected chi connectivity index (χ0v) is 11.5. The molecule has 0 saturated carbocycles. The van der Waals surface area contributed by atoms with E-state index in [0.29, 0.717) is 17.0 Å². The summed E-state index contributed by atoms with van der Waals surface area (Å²) in [6.07, 6.45) is 0.455. The van der Waals surface area contributed by atoms with Gasteiger partial charge in [0.1, 0.15) is 5.82 Å². The van der Waals surface area contributed by atoms with Crippen LogP contribution in [0.15, 0.2) is 42.5 Å². The van der Waals surface area contributed by atoms with Crippen molar-refractivity contribution in [2.75, 3.05) is 0 Å².